The summed E-state index contributed by atoms with van der Waals surface area (Å²) in [5, 5.41) is 9.95. The molecule has 142 valence electrons. The number of Topliss-reactive ketones (excluding diaryl/α,β-unsaturated/α-hetero) is 1. The van der Waals surface area contributed by atoms with Crippen molar-refractivity contribution in [3.05, 3.63) is 0 Å². The van der Waals surface area contributed by atoms with Crippen LogP contribution in [0.1, 0.15) is 47.5 Å². The van der Waals surface area contributed by atoms with Crippen molar-refractivity contribution in [2.24, 2.45) is 5.73 Å². The van der Waals surface area contributed by atoms with E-state index in [1.54, 1.807) is 32.6 Å². The van der Waals surface area contributed by atoms with Crippen LogP contribution in [0.2, 0.25) is 0 Å². The molecule has 0 radical (unpaired) electrons. The molecule has 2 aliphatic heterocycles. The van der Waals surface area contributed by atoms with Crippen molar-refractivity contribution in [2.45, 2.75) is 76.8 Å². The molecule has 8 nitrogen and oxygen atoms in total. The molecule has 2 fully saturated rings. The molecular formula is C17H29N3O5. The summed E-state index contributed by atoms with van der Waals surface area (Å²) in [6.45, 7) is 8.99. The molecule has 8 heteroatoms. The van der Waals surface area contributed by atoms with Gasteiger partial charge in [-0.3, -0.25) is 19.4 Å². The van der Waals surface area contributed by atoms with Gasteiger partial charge in [-0.25, -0.2) is 4.79 Å². The Morgan fingerprint density at radius 3 is 2.48 bits per heavy atom. The van der Waals surface area contributed by atoms with E-state index in [1.165, 1.54) is 11.8 Å². The SMILES string of the molecule is CC1N([C@H](C(N)=O)[C@@H](C)O)CC(=O)C12CCCN2C(=O)OC(C)(C)C. The highest BCUT2D eigenvalue weighted by molar-refractivity contribution is 5.97. The topological polar surface area (TPSA) is 113 Å². The molecule has 4 atom stereocenters. The predicted octanol–water partition coefficient (Wildman–Crippen LogP) is 0.264. The number of ketones is 1. The van der Waals surface area contributed by atoms with Gasteiger partial charge in [0.05, 0.1) is 12.6 Å². The number of likely N-dealkylation sites (tertiary alicyclic amines) is 2. The van der Waals surface area contributed by atoms with E-state index in [9.17, 15) is 19.5 Å². The highest BCUT2D eigenvalue weighted by Crippen LogP contribution is 2.42. The second-order valence-corrected chi connectivity index (χ2v) is 8.02. The molecule has 3 N–H and O–H groups in total. The highest BCUT2D eigenvalue weighted by atomic mass is 16.6. The lowest BCUT2D eigenvalue weighted by atomic mass is 9.87. The quantitative estimate of drug-likeness (QED) is 0.751. The third kappa shape index (κ3) is 3.37. The Hall–Kier alpha value is -1.67. The van der Waals surface area contributed by atoms with Crippen molar-refractivity contribution in [1.82, 2.24) is 9.80 Å². The number of carbonyl (C=O) groups excluding carboxylic acids is 3. The fourth-order valence-electron chi connectivity index (χ4n) is 4.10. The zero-order chi connectivity index (χ0) is 19.2. The second-order valence-electron chi connectivity index (χ2n) is 8.02. The number of nitrogens with zero attached hydrogens (tertiary/aromatic N) is 2. The first-order chi connectivity index (χ1) is 11.4. The summed E-state index contributed by atoms with van der Waals surface area (Å²) in [6.07, 6.45) is -0.355. The summed E-state index contributed by atoms with van der Waals surface area (Å²) in [7, 11) is 0. The molecular weight excluding hydrogens is 326 g/mol. The average molecular weight is 355 g/mol. The fourth-order valence-corrected chi connectivity index (χ4v) is 4.10. The molecule has 2 heterocycles. The van der Waals surface area contributed by atoms with Gasteiger partial charge in [0.1, 0.15) is 17.2 Å². The number of aliphatic hydroxyl groups excluding tert-OH is 1. The van der Waals surface area contributed by atoms with Crippen molar-refractivity contribution in [2.75, 3.05) is 13.1 Å². The summed E-state index contributed by atoms with van der Waals surface area (Å²) in [4.78, 5) is 40.5. The molecule has 0 saturated carbocycles. The van der Waals surface area contributed by atoms with Gasteiger partial charge in [0.2, 0.25) is 5.91 Å². The minimum Gasteiger partial charge on any atom is -0.444 e. The minimum absolute atomic E-state index is 0.0288. The summed E-state index contributed by atoms with van der Waals surface area (Å²) < 4.78 is 5.47. The van der Waals surface area contributed by atoms with E-state index in [1.807, 2.05) is 0 Å². The number of nitrogens with two attached hydrogens (primary N) is 1. The lowest BCUT2D eigenvalue weighted by molar-refractivity contribution is -0.127. The van der Waals surface area contributed by atoms with Crippen LogP contribution in [-0.2, 0) is 14.3 Å². The average Bonchev–Trinajstić information content (AvgIpc) is 2.97. The Morgan fingerprint density at radius 1 is 1.40 bits per heavy atom. The zero-order valence-electron chi connectivity index (χ0n) is 15.6. The smallest absolute Gasteiger partial charge is 0.411 e. The number of hydrogen-bond acceptors (Lipinski definition) is 6. The van der Waals surface area contributed by atoms with E-state index in [2.05, 4.69) is 0 Å². The number of aliphatic hydroxyl groups is 1. The van der Waals surface area contributed by atoms with Crippen molar-refractivity contribution in [3.8, 4) is 0 Å². The van der Waals surface area contributed by atoms with Gasteiger partial charge < -0.3 is 15.6 Å². The number of carbonyl (C=O) groups is 3. The van der Waals surface area contributed by atoms with E-state index in [-0.39, 0.29) is 12.3 Å². The van der Waals surface area contributed by atoms with Crippen LogP contribution in [-0.4, -0.2) is 75.1 Å². The first-order valence-electron chi connectivity index (χ1n) is 8.69. The third-order valence-corrected chi connectivity index (χ3v) is 5.14. The maximum absolute atomic E-state index is 12.9. The van der Waals surface area contributed by atoms with Gasteiger partial charge in [-0.2, -0.15) is 0 Å². The third-order valence-electron chi connectivity index (χ3n) is 5.14. The molecule has 0 aromatic heterocycles. The maximum Gasteiger partial charge on any atom is 0.411 e. The van der Waals surface area contributed by atoms with Gasteiger partial charge in [-0.15, -0.1) is 0 Å². The van der Waals surface area contributed by atoms with Gasteiger partial charge in [0.15, 0.2) is 5.78 Å². The van der Waals surface area contributed by atoms with Crippen molar-refractivity contribution in [3.63, 3.8) is 0 Å². The van der Waals surface area contributed by atoms with E-state index in [0.29, 0.717) is 19.4 Å². The first kappa shape index (κ1) is 19.7. The van der Waals surface area contributed by atoms with Crippen LogP contribution in [0.3, 0.4) is 0 Å². The zero-order valence-corrected chi connectivity index (χ0v) is 15.6. The van der Waals surface area contributed by atoms with E-state index in [0.717, 1.165) is 0 Å². The van der Waals surface area contributed by atoms with E-state index < -0.39 is 41.3 Å². The number of ether oxygens (including phenoxy) is 1. The number of amides is 2. The van der Waals surface area contributed by atoms with E-state index >= 15 is 0 Å². The van der Waals surface area contributed by atoms with Crippen molar-refractivity contribution in [1.29, 1.82) is 0 Å². The van der Waals surface area contributed by atoms with Gasteiger partial charge in [-0.1, -0.05) is 0 Å². The molecule has 0 aromatic rings. The standard InChI is InChI=1S/C17H29N3O5/c1-10(21)13(14(18)23)19-9-12(22)17(11(19)2)7-6-8-20(17)15(24)25-16(3,4)5/h10-11,13,21H,6-9H2,1-5H3,(H2,18,23)/t10-,11?,13+,17?/m1/s1. The van der Waals surface area contributed by atoms with Crippen LogP contribution >= 0.6 is 0 Å². The molecule has 2 rings (SSSR count). The number of primary amides is 1. The van der Waals surface area contributed by atoms with Crippen LogP contribution in [0.15, 0.2) is 0 Å². The Morgan fingerprint density at radius 2 is 2.00 bits per heavy atom. The Labute approximate surface area is 148 Å². The molecule has 2 unspecified atom stereocenters. The monoisotopic (exact) mass is 355 g/mol. The van der Waals surface area contributed by atoms with Crippen LogP contribution in [0.5, 0.6) is 0 Å². The first-order valence-corrected chi connectivity index (χ1v) is 8.69. The predicted molar refractivity (Wildman–Crippen MR) is 90.7 cm³/mol. The van der Waals surface area contributed by atoms with Crippen molar-refractivity contribution < 1.29 is 24.2 Å². The van der Waals surface area contributed by atoms with Gasteiger partial charge in [-0.05, 0) is 47.5 Å². The molecule has 2 amide bonds. The number of rotatable bonds is 3. The molecule has 0 aromatic carbocycles. The summed E-state index contributed by atoms with van der Waals surface area (Å²) in [5.74, 6) is -0.830. The highest BCUT2D eigenvalue weighted by Gasteiger charge is 2.61. The summed E-state index contributed by atoms with van der Waals surface area (Å²) >= 11 is 0. The number of hydrogen-bond donors (Lipinski definition) is 2. The summed E-state index contributed by atoms with van der Waals surface area (Å²) in [6, 6.07) is -1.42. The molecule has 0 bridgehead atoms. The van der Waals surface area contributed by atoms with Gasteiger partial charge in [0, 0.05) is 12.6 Å². The second kappa shape index (κ2) is 6.57. The molecule has 1 spiro atoms. The lowest BCUT2D eigenvalue weighted by Gasteiger charge is -2.40. The minimum atomic E-state index is -1.04. The maximum atomic E-state index is 12.9. The molecule has 25 heavy (non-hydrogen) atoms. The lowest BCUT2D eigenvalue weighted by Crippen LogP contribution is -2.61. The van der Waals surface area contributed by atoms with Gasteiger partial charge >= 0.3 is 6.09 Å². The molecule has 2 saturated heterocycles. The summed E-state index contributed by atoms with van der Waals surface area (Å²) in [5.41, 5.74) is 3.73. The molecule has 2 aliphatic rings. The molecule has 0 aliphatic carbocycles. The largest absolute Gasteiger partial charge is 0.444 e. The van der Waals surface area contributed by atoms with Crippen molar-refractivity contribution >= 4 is 17.8 Å². The Kier molecular flexibility index (Phi) is 5.16. The fraction of sp³-hybridized carbons (Fsp3) is 0.824. The van der Waals surface area contributed by atoms with Crippen LogP contribution in [0.25, 0.3) is 0 Å². The van der Waals surface area contributed by atoms with Crippen LogP contribution in [0, 0.1) is 0 Å². The van der Waals surface area contributed by atoms with Gasteiger partial charge in [0.25, 0.3) is 0 Å². The van der Waals surface area contributed by atoms with E-state index in [4.69, 9.17) is 10.5 Å². The Bertz CT molecular complexity index is 571. The Balaban J connectivity index is 2.34. The normalized spacial score (nSPS) is 29.9. The van der Waals surface area contributed by atoms with Crippen LogP contribution in [0.4, 0.5) is 4.79 Å². The van der Waals surface area contributed by atoms with Crippen LogP contribution < -0.4 is 5.73 Å².